The van der Waals surface area contributed by atoms with E-state index >= 15 is 0 Å². The fourth-order valence-electron chi connectivity index (χ4n) is 1.97. The molecule has 0 bridgehead atoms. The molecule has 0 aromatic heterocycles. The minimum absolute atomic E-state index is 0.0659. The third-order valence-electron chi connectivity index (χ3n) is 3.00. The standard InChI is InChI=1S/C12H13IN2O3/c1-8(16)14-12(13,9-2-3-9)10-4-6-11(7-5-10)15(17)18/h4-7,9H,2-3H2,1H3,(H,14,16). The van der Waals surface area contributed by atoms with Crippen LogP contribution in [0.5, 0.6) is 0 Å². The molecule has 96 valence electrons. The zero-order valence-electron chi connectivity index (χ0n) is 9.85. The van der Waals surface area contributed by atoms with Gasteiger partial charge >= 0.3 is 0 Å². The van der Waals surface area contributed by atoms with E-state index in [4.69, 9.17) is 0 Å². The van der Waals surface area contributed by atoms with Crippen molar-refractivity contribution in [2.75, 3.05) is 0 Å². The molecule has 0 aliphatic heterocycles. The lowest BCUT2D eigenvalue weighted by atomic mass is 10.0. The van der Waals surface area contributed by atoms with Gasteiger partial charge in [-0.3, -0.25) is 14.9 Å². The molecule has 1 atom stereocenters. The van der Waals surface area contributed by atoms with Crippen LogP contribution >= 0.6 is 22.6 Å². The van der Waals surface area contributed by atoms with Gasteiger partial charge in [-0.05, 0) is 59.0 Å². The van der Waals surface area contributed by atoms with Crippen molar-refractivity contribution in [3.05, 3.63) is 39.9 Å². The summed E-state index contributed by atoms with van der Waals surface area (Å²) in [6, 6.07) is 6.40. The summed E-state index contributed by atoms with van der Waals surface area (Å²) in [6.45, 7) is 1.49. The Balaban J connectivity index is 2.31. The van der Waals surface area contributed by atoms with E-state index in [1.165, 1.54) is 19.1 Å². The van der Waals surface area contributed by atoms with Crippen molar-refractivity contribution in [1.82, 2.24) is 5.32 Å². The fraction of sp³-hybridized carbons (Fsp3) is 0.417. The van der Waals surface area contributed by atoms with Crippen LogP contribution in [0.2, 0.25) is 0 Å². The van der Waals surface area contributed by atoms with Crippen molar-refractivity contribution in [2.45, 2.75) is 23.3 Å². The van der Waals surface area contributed by atoms with Crippen molar-refractivity contribution in [1.29, 1.82) is 0 Å². The molecular weight excluding hydrogens is 347 g/mol. The maximum absolute atomic E-state index is 11.3. The molecule has 1 unspecified atom stereocenters. The number of carbonyl (C=O) groups is 1. The maximum Gasteiger partial charge on any atom is 0.269 e. The lowest BCUT2D eigenvalue weighted by molar-refractivity contribution is -0.384. The number of rotatable bonds is 4. The summed E-state index contributed by atoms with van der Waals surface area (Å²) < 4.78 is -0.446. The number of nitrogens with one attached hydrogen (secondary N) is 1. The van der Waals surface area contributed by atoms with Gasteiger partial charge in [-0.25, -0.2) is 0 Å². The normalized spacial score (nSPS) is 17.9. The zero-order valence-corrected chi connectivity index (χ0v) is 12.0. The van der Waals surface area contributed by atoms with E-state index in [1.807, 2.05) is 0 Å². The Morgan fingerprint density at radius 3 is 2.39 bits per heavy atom. The molecule has 0 spiro atoms. The van der Waals surface area contributed by atoms with Gasteiger partial charge in [-0.15, -0.1) is 0 Å². The molecule has 1 saturated carbocycles. The Hall–Kier alpha value is -1.18. The van der Waals surface area contributed by atoms with Crippen LogP contribution in [0.4, 0.5) is 5.69 Å². The highest BCUT2D eigenvalue weighted by Crippen LogP contribution is 2.50. The number of nitro groups is 1. The molecule has 6 heteroatoms. The van der Waals surface area contributed by atoms with Gasteiger partial charge in [0.25, 0.3) is 5.69 Å². The average Bonchev–Trinajstić information content (AvgIpc) is 3.12. The number of alkyl halides is 1. The predicted molar refractivity (Wildman–Crippen MR) is 75.3 cm³/mol. The molecule has 1 aliphatic carbocycles. The molecule has 18 heavy (non-hydrogen) atoms. The zero-order chi connectivity index (χ0) is 13.3. The number of nitrogens with zero attached hydrogens (tertiary/aromatic N) is 1. The monoisotopic (exact) mass is 360 g/mol. The molecule has 5 nitrogen and oxygen atoms in total. The van der Waals surface area contributed by atoms with Gasteiger partial charge in [-0.2, -0.15) is 0 Å². The van der Waals surface area contributed by atoms with Gasteiger partial charge in [-0.1, -0.05) is 0 Å². The number of hydrogen-bond acceptors (Lipinski definition) is 3. The number of hydrogen-bond donors (Lipinski definition) is 1. The summed E-state index contributed by atoms with van der Waals surface area (Å²) in [7, 11) is 0. The largest absolute Gasteiger partial charge is 0.338 e. The van der Waals surface area contributed by atoms with Crippen molar-refractivity contribution in [2.24, 2.45) is 5.92 Å². The molecule has 2 rings (SSSR count). The van der Waals surface area contributed by atoms with E-state index < -0.39 is 8.47 Å². The van der Waals surface area contributed by atoms with Crippen LogP contribution in [0.1, 0.15) is 25.3 Å². The van der Waals surface area contributed by atoms with Crippen LogP contribution < -0.4 is 5.32 Å². The van der Waals surface area contributed by atoms with E-state index in [0.717, 1.165) is 18.4 Å². The highest BCUT2D eigenvalue weighted by molar-refractivity contribution is 14.1. The van der Waals surface area contributed by atoms with Crippen LogP contribution in [0, 0.1) is 16.0 Å². The third-order valence-corrected chi connectivity index (χ3v) is 4.77. The number of benzene rings is 1. The first kappa shape index (κ1) is 13.3. The third kappa shape index (κ3) is 2.63. The fourth-order valence-corrected chi connectivity index (χ4v) is 3.34. The van der Waals surface area contributed by atoms with E-state index in [0.29, 0.717) is 5.92 Å². The SMILES string of the molecule is CC(=O)NC(I)(c1ccc([N+](=O)[O-])cc1)C1CC1. The Bertz CT molecular complexity index is 485. The van der Waals surface area contributed by atoms with Crippen LogP contribution in [0.15, 0.2) is 24.3 Å². The molecule has 1 fully saturated rings. The Morgan fingerprint density at radius 2 is 2.00 bits per heavy atom. The Morgan fingerprint density at radius 1 is 1.44 bits per heavy atom. The highest BCUT2D eigenvalue weighted by Gasteiger charge is 2.45. The minimum atomic E-state index is -0.446. The second-order valence-corrected chi connectivity index (χ2v) is 6.17. The summed E-state index contributed by atoms with van der Waals surface area (Å²) in [5.41, 5.74) is 0.975. The molecule has 0 heterocycles. The van der Waals surface area contributed by atoms with Gasteiger partial charge in [0.2, 0.25) is 5.91 Å². The molecule has 0 saturated heterocycles. The van der Waals surface area contributed by atoms with Gasteiger partial charge in [0, 0.05) is 19.1 Å². The summed E-state index contributed by atoms with van der Waals surface area (Å²) in [4.78, 5) is 21.5. The Kier molecular flexibility index (Phi) is 3.56. The molecule has 1 N–H and O–H groups in total. The predicted octanol–water partition coefficient (Wildman–Crippen LogP) is 2.73. The number of halogens is 1. The summed E-state index contributed by atoms with van der Waals surface area (Å²) in [5.74, 6) is 0.318. The van der Waals surface area contributed by atoms with Gasteiger partial charge in [0.05, 0.1) is 4.92 Å². The van der Waals surface area contributed by atoms with Crippen LogP contribution in [0.25, 0.3) is 0 Å². The highest BCUT2D eigenvalue weighted by atomic mass is 127. The topological polar surface area (TPSA) is 72.2 Å². The molecule has 1 aromatic carbocycles. The van der Waals surface area contributed by atoms with Crippen molar-refractivity contribution >= 4 is 34.2 Å². The van der Waals surface area contributed by atoms with Gasteiger partial charge in [0.15, 0.2) is 0 Å². The smallest absolute Gasteiger partial charge is 0.269 e. The van der Waals surface area contributed by atoms with E-state index in [-0.39, 0.29) is 11.6 Å². The van der Waals surface area contributed by atoms with Crippen LogP contribution in [-0.4, -0.2) is 10.8 Å². The number of nitro benzene ring substituents is 1. The van der Waals surface area contributed by atoms with E-state index in [9.17, 15) is 14.9 Å². The summed E-state index contributed by atoms with van der Waals surface area (Å²) >= 11 is 2.24. The summed E-state index contributed by atoms with van der Waals surface area (Å²) in [6.07, 6.45) is 2.14. The molecule has 1 aliphatic rings. The van der Waals surface area contributed by atoms with Gasteiger partial charge < -0.3 is 5.32 Å². The van der Waals surface area contributed by atoms with Crippen molar-refractivity contribution < 1.29 is 9.72 Å². The summed E-state index contributed by atoms with van der Waals surface area (Å²) in [5, 5.41) is 13.6. The quantitative estimate of drug-likeness (QED) is 0.295. The lowest BCUT2D eigenvalue weighted by Gasteiger charge is -2.29. The molecule has 1 amide bonds. The van der Waals surface area contributed by atoms with Crippen LogP contribution in [-0.2, 0) is 8.34 Å². The Labute approximate surface area is 118 Å². The second-order valence-electron chi connectivity index (χ2n) is 4.47. The number of amides is 1. The van der Waals surface area contributed by atoms with E-state index in [2.05, 4.69) is 27.9 Å². The first-order chi connectivity index (χ1) is 8.43. The molecule has 1 aromatic rings. The lowest BCUT2D eigenvalue weighted by Crippen LogP contribution is -2.41. The maximum atomic E-state index is 11.3. The minimum Gasteiger partial charge on any atom is -0.338 e. The first-order valence-corrected chi connectivity index (χ1v) is 6.74. The first-order valence-electron chi connectivity index (χ1n) is 5.66. The average molecular weight is 360 g/mol. The molecular formula is C12H13IN2O3. The van der Waals surface area contributed by atoms with E-state index in [1.54, 1.807) is 12.1 Å². The number of non-ortho nitro benzene ring substituents is 1. The van der Waals surface area contributed by atoms with Crippen LogP contribution in [0.3, 0.4) is 0 Å². The number of carbonyl (C=O) groups excluding carboxylic acids is 1. The molecule has 0 radical (unpaired) electrons. The van der Waals surface area contributed by atoms with Crippen molar-refractivity contribution in [3.8, 4) is 0 Å². The second kappa shape index (κ2) is 4.83. The van der Waals surface area contributed by atoms with Gasteiger partial charge in [0.1, 0.15) is 3.55 Å². The van der Waals surface area contributed by atoms with Crippen molar-refractivity contribution in [3.63, 3.8) is 0 Å².